The third-order valence-electron chi connectivity index (χ3n) is 4.58. The second-order valence-corrected chi connectivity index (χ2v) is 5.84. The summed E-state index contributed by atoms with van der Waals surface area (Å²) < 4.78 is 0. The summed E-state index contributed by atoms with van der Waals surface area (Å²) in [5, 5.41) is 3.52. The highest BCUT2D eigenvalue weighted by atomic mass is 127. The Morgan fingerprint density at radius 2 is 1.96 bits per heavy atom. The lowest BCUT2D eigenvalue weighted by atomic mass is 9.99. The zero-order valence-corrected chi connectivity index (χ0v) is 17.0. The van der Waals surface area contributed by atoms with Crippen molar-refractivity contribution in [3.63, 3.8) is 0 Å². The summed E-state index contributed by atoms with van der Waals surface area (Å²) in [5.74, 6) is 1.67. The van der Waals surface area contributed by atoms with Crippen LogP contribution in [-0.4, -0.2) is 62.1 Å². The number of hydrogen-bond acceptors (Lipinski definition) is 2. The van der Waals surface area contributed by atoms with Gasteiger partial charge in [-0.2, -0.15) is 0 Å². The Bertz CT molecular complexity index is 459. The number of likely N-dealkylation sites (tertiary alicyclic amines) is 1. The van der Waals surface area contributed by atoms with E-state index in [9.17, 15) is 0 Å². The van der Waals surface area contributed by atoms with E-state index in [2.05, 4.69) is 64.3 Å². The zero-order chi connectivity index (χ0) is 15.8. The summed E-state index contributed by atoms with van der Waals surface area (Å²) in [5.41, 5.74) is 1.45. The van der Waals surface area contributed by atoms with Crippen molar-refractivity contribution in [2.24, 2.45) is 4.99 Å². The molecule has 4 nitrogen and oxygen atoms in total. The second kappa shape index (κ2) is 10.9. The smallest absolute Gasteiger partial charge is 0.193 e. The van der Waals surface area contributed by atoms with E-state index in [-0.39, 0.29) is 24.0 Å². The highest BCUT2D eigenvalue weighted by Crippen LogP contribution is 2.26. The molecule has 1 aromatic carbocycles. The standard InChI is InChI=1S/C18H30N4.HI/c1-4-21(5-2)14-12-20-18(19-3)22-13-11-17(15-22)16-9-7-6-8-10-16;/h6-10,17H,4-5,11-15H2,1-3H3,(H,19,20);1H. The molecule has 1 saturated heterocycles. The Morgan fingerprint density at radius 3 is 2.57 bits per heavy atom. The van der Waals surface area contributed by atoms with E-state index in [4.69, 9.17) is 0 Å². The Balaban J connectivity index is 0.00000264. The van der Waals surface area contributed by atoms with Gasteiger partial charge in [-0.3, -0.25) is 4.99 Å². The first-order valence-corrected chi connectivity index (χ1v) is 8.51. The zero-order valence-electron chi connectivity index (χ0n) is 14.7. The quantitative estimate of drug-likeness (QED) is 0.428. The van der Waals surface area contributed by atoms with Crippen LogP contribution in [-0.2, 0) is 0 Å². The van der Waals surface area contributed by atoms with E-state index in [1.807, 2.05) is 7.05 Å². The van der Waals surface area contributed by atoms with Gasteiger partial charge in [-0.05, 0) is 25.1 Å². The summed E-state index contributed by atoms with van der Waals surface area (Å²) in [6, 6.07) is 10.8. The molecule has 1 heterocycles. The predicted octanol–water partition coefficient (Wildman–Crippen LogP) is 3.01. The molecular weight excluding hydrogens is 399 g/mol. The number of guanidine groups is 1. The lowest BCUT2D eigenvalue weighted by Crippen LogP contribution is -2.43. The molecule has 1 atom stereocenters. The SMILES string of the molecule is CCN(CC)CCNC(=NC)N1CCC(c2ccccc2)C1.I. The first-order chi connectivity index (χ1) is 10.8. The van der Waals surface area contributed by atoms with Crippen molar-refractivity contribution >= 4 is 29.9 Å². The highest BCUT2D eigenvalue weighted by Gasteiger charge is 2.25. The van der Waals surface area contributed by atoms with E-state index in [0.29, 0.717) is 5.92 Å². The van der Waals surface area contributed by atoms with Gasteiger partial charge in [-0.1, -0.05) is 44.2 Å². The van der Waals surface area contributed by atoms with Crippen LogP contribution >= 0.6 is 24.0 Å². The van der Waals surface area contributed by atoms with Crippen LogP contribution in [0.5, 0.6) is 0 Å². The molecule has 1 aromatic rings. The number of halogens is 1. The molecule has 1 fully saturated rings. The van der Waals surface area contributed by atoms with Crippen LogP contribution in [0.25, 0.3) is 0 Å². The molecule has 0 radical (unpaired) electrons. The third kappa shape index (κ3) is 5.95. The summed E-state index contributed by atoms with van der Waals surface area (Å²) in [7, 11) is 1.88. The monoisotopic (exact) mass is 430 g/mol. The van der Waals surface area contributed by atoms with Gasteiger partial charge in [0, 0.05) is 39.1 Å². The normalized spacial score (nSPS) is 18.2. The number of nitrogens with one attached hydrogen (secondary N) is 1. The van der Waals surface area contributed by atoms with E-state index in [1.165, 1.54) is 12.0 Å². The number of benzene rings is 1. The van der Waals surface area contributed by atoms with Crippen molar-refractivity contribution < 1.29 is 0 Å². The number of rotatable bonds is 6. The van der Waals surface area contributed by atoms with Gasteiger partial charge >= 0.3 is 0 Å². The number of nitrogens with zero attached hydrogens (tertiary/aromatic N) is 3. The van der Waals surface area contributed by atoms with Crippen LogP contribution in [0.2, 0.25) is 0 Å². The average Bonchev–Trinajstić information content (AvgIpc) is 3.06. The molecule has 0 spiro atoms. The Hall–Kier alpha value is -0.820. The lowest BCUT2D eigenvalue weighted by Gasteiger charge is -2.24. The van der Waals surface area contributed by atoms with Crippen molar-refractivity contribution in [1.29, 1.82) is 0 Å². The van der Waals surface area contributed by atoms with Gasteiger partial charge in [0.15, 0.2) is 5.96 Å². The molecule has 0 amide bonds. The molecule has 0 aromatic heterocycles. The van der Waals surface area contributed by atoms with Gasteiger partial charge in [-0.25, -0.2) is 0 Å². The topological polar surface area (TPSA) is 30.9 Å². The maximum atomic E-state index is 4.46. The van der Waals surface area contributed by atoms with E-state index >= 15 is 0 Å². The highest BCUT2D eigenvalue weighted by molar-refractivity contribution is 14.0. The maximum absolute atomic E-state index is 4.46. The van der Waals surface area contributed by atoms with Crippen LogP contribution < -0.4 is 5.32 Å². The van der Waals surface area contributed by atoms with Crippen LogP contribution in [0.1, 0.15) is 31.7 Å². The first kappa shape index (κ1) is 20.2. The van der Waals surface area contributed by atoms with E-state index in [1.54, 1.807) is 0 Å². The molecule has 2 rings (SSSR count). The Morgan fingerprint density at radius 1 is 1.26 bits per heavy atom. The minimum absolute atomic E-state index is 0. The summed E-state index contributed by atoms with van der Waals surface area (Å²) >= 11 is 0. The molecule has 1 aliphatic rings. The lowest BCUT2D eigenvalue weighted by molar-refractivity contribution is 0.306. The van der Waals surface area contributed by atoms with Crippen molar-refractivity contribution in [2.75, 3.05) is 46.3 Å². The van der Waals surface area contributed by atoms with Crippen LogP contribution in [0.15, 0.2) is 35.3 Å². The maximum Gasteiger partial charge on any atom is 0.193 e. The van der Waals surface area contributed by atoms with E-state index < -0.39 is 0 Å². The molecule has 130 valence electrons. The minimum Gasteiger partial charge on any atom is -0.355 e. The molecule has 1 aliphatic heterocycles. The van der Waals surface area contributed by atoms with Crippen molar-refractivity contribution in [2.45, 2.75) is 26.2 Å². The van der Waals surface area contributed by atoms with Gasteiger partial charge < -0.3 is 15.1 Å². The molecule has 1 unspecified atom stereocenters. The third-order valence-corrected chi connectivity index (χ3v) is 4.58. The van der Waals surface area contributed by atoms with Gasteiger partial charge in [0.2, 0.25) is 0 Å². The van der Waals surface area contributed by atoms with Gasteiger partial charge in [-0.15, -0.1) is 24.0 Å². The summed E-state index contributed by atoms with van der Waals surface area (Å²) in [6.07, 6.45) is 1.21. The largest absolute Gasteiger partial charge is 0.355 e. The van der Waals surface area contributed by atoms with Gasteiger partial charge in [0.1, 0.15) is 0 Å². The summed E-state index contributed by atoms with van der Waals surface area (Å²) in [6.45, 7) is 10.8. The molecule has 0 saturated carbocycles. The summed E-state index contributed by atoms with van der Waals surface area (Å²) in [4.78, 5) is 9.28. The molecule has 0 aliphatic carbocycles. The van der Waals surface area contributed by atoms with Crippen LogP contribution in [0, 0.1) is 0 Å². The second-order valence-electron chi connectivity index (χ2n) is 5.84. The Kier molecular flexibility index (Phi) is 9.55. The van der Waals surface area contributed by atoms with Gasteiger partial charge in [0.05, 0.1) is 0 Å². The first-order valence-electron chi connectivity index (χ1n) is 8.51. The minimum atomic E-state index is 0. The van der Waals surface area contributed by atoms with Gasteiger partial charge in [0.25, 0.3) is 0 Å². The average molecular weight is 430 g/mol. The molecule has 23 heavy (non-hydrogen) atoms. The fraction of sp³-hybridized carbons (Fsp3) is 0.611. The number of aliphatic imine (C=N–C) groups is 1. The molecule has 5 heteroatoms. The van der Waals surface area contributed by atoms with Crippen molar-refractivity contribution in [1.82, 2.24) is 15.1 Å². The Labute approximate surface area is 158 Å². The van der Waals surface area contributed by atoms with E-state index in [0.717, 1.165) is 45.2 Å². The van der Waals surface area contributed by atoms with Crippen LogP contribution in [0.3, 0.4) is 0 Å². The fourth-order valence-electron chi connectivity index (χ4n) is 3.15. The number of likely N-dealkylation sites (N-methyl/N-ethyl adjacent to an activating group) is 1. The van der Waals surface area contributed by atoms with Crippen LogP contribution in [0.4, 0.5) is 0 Å². The molecule has 1 N–H and O–H groups in total. The molecular formula is C18H31IN4. The van der Waals surface area contributed by atoms with Crippen molar-refractivity contribution in [3.05, 3.63) is 35.9 Å². The molecule has 0 bridgehead atoms. The predicted molar refractivity (Wildman–Crippen MR) is 110 cm³/mol. The number of hydrogen-bond donors (Lipinski definition) is 1. The fourth-order valence-corrected chi connectivity index (χ4v) is 3.15. The van der Waals surface area contributed by atoms with Crippen molar-refractivity contribution in [3.8, 4) is 0 Å².